The van der Waals surface area contributed by atoms with E-state index in [2.05, 4.69) is 0 Å². The summed E-state index contributed by atoms with van der Waals surface area (Å²) < 4.78 is -4.02. The van der Waals surface area contributed by atoms with Gasteiger partial charge < -0.3 is 0 Å². The van der Waals surface area contributed by atoms with Gasteiger partial charge in [-0.15, -0.1) is 0 Å². The van der Waals surface area contributed by atoms with Gasteiger partial charge in [0.05, 0.1) is 0 Å². The predicted molar refractivity (Wildman–Crippen MR) is 50.9 cm³/mol. The van der Waals surface area contributed by atoms with Crippen LogP contribution in [0.3, 0.4) is 0 Å². The number of hydrogen-bond acceptors (Lipinski definition) is 1. The average Bonchev–Trinajstić information content (AvgIpc) is 2.05. The molecule has 0 saturated carbocycles. The van der Waals surface area contributed by atoms with Gasteiger partial charge in [0.2, 0.25) is 3.79 Å². The fourth-order valence-electron chi connectivity index (χ4n) is 0.374. The Labute approximate surface area is 92.4 Å². The van der Waals surface area contributed by atoms with Gasteiger partial charge in [-0.3, -0.25) is 0 Å². The van der Waals surface area contributed by atoms with Crippen LogP contribution < -0.4 is 0 Å². The molecule has 0 amide bonds. The van der Waals surface area contributed by atoms with Gasteiger partial charge in [0.25, 0.3) is 0 Å². The van der Waals surface area contributed by atoms with Gasteiger partial charge in [-0.2, -0.15) is 0 Å². The summed E-state index contributed by atoms with van der Waals surface area (Å²) in [5, 5.41) is 0. The van der Waals surface area contributed by atoms with E-state index in [0.29, 0.717) is 0 Å². The van der Waals surface area contributed by atoms with Crippen LogP contribution in [0.5, 0.6) is 0 Å². The van der Waals surface area contributed by atoms with Gasteiger partial charge >= 0.3 is 0 Å². The van der Waals surface area contributed by atoms with Gasteiger partial charge in [0.1, 0.15) is 0 Å². The Balaban J connectivity index is 2.78. The molecule has 10 heavy (non-hydrogen) atoms. The van der Waals surface area contributed by atoms with Crippen molar-refractivity contribution >= 4 is 81.4 Å². The Morgan fingerprint density at radius 2 is 1.30 bits per heavy atom. The van der Waals surface area contributed by atoms with Crippen molar-refractivity contribution in [1.82, 2.24) is 0 Å². The van der Waals surface area contributed by atoms with Gasteiger partial charge in [0.15, 0.2) is 7.87 Å². The van der Waals surface area contributed by atoms with Crippen molar-refractivity contribution in [3.8, 4) is 0 Å². The van der Waals surface area contributed by atoms with Crippen LogP contribution in [-0.2, 0) is 0 Å². The minimum absolute atomic E-state index is 1.00. The molecule has 1 rings (SSSR count). The summed E-state index contributed by atoms with van der Waals surface area (Å²) in [6, 6.07) is 0. The maximum absolute atomic E-state index is 5.72. The first-order valence-corrected chi connectivity index (χ1v) is 5.13. The first-order chi connectivity index (χ1) is 4.21. The molecule has 1 fully saturated rings. The van der Waals surface area contributed by atoms with E-state index in [9.17, 15) is 0 Å². The van der Waals surface area contributed by atoms with Crippen LogP contribution in [0.15, 0.2) is 0 Å². The molecular weight excluding hydrogens is 281 g/mol. The quantitative estimate of drug-likeness (QED) is 0.474. The average molecular weight is 281 g/mol. The molecule has 0 nitrogen and oxygen atoms in total. The highest BCUT2D eigenvalue weighted by molar-refractivity contribution is 8.14. The third-order valence-electron chi connectivity index (χ3n) is 0.966. The summed E-state index contributed by atoms with van der Waals surface area (Å²) in [6.45, 7) is 0. The second kappa shape index (κ2) is 2.54. The molecule has 1 aliphatic rings. The summed E-state index contributed by atoms with van der Waals surface area (Å²) in [5.41, 5.74) is 0. The van der Waals surface area contributed by atoms with E-state index >= 15 is 0 Å². The molecule has 1 unspecified atom stereocenters. The normalized spacial score (nSPS) is 37.8. The first-order valence-electron chi connectivity index (χ1n) is 2.04. The van der Waals surface area contributed by atoms with Crippen LogP contribution in [0, 0.1) is 0 Å². The monoisotopic (exact) mass is 278 g/mol. The smallest absolute Gasteiger partial charge is 0.0981 e. The molecule has 1 atom stereocenters. The Hall–Kier alpha value is 2.09. The van der Waals surface area contributed by atoms with Gasteiger partial charge in [-0.25, -0.2) is 0 Å². The lowest BCUT2D eigenvalue weighted by Gasteiger charge is -2.15. The largest absolute Gasteiger partial charge is 0.222 e. The van der Waals surface area contributed by atoms with Crippen LogP contribution in [0.2, 0.25) is 0 Å². The predicted octanol–water partition coefficient (Wildman–Crippen LogP) is 4.17. The van der Waals surface area contributed by atoms with E-state index in [1.54, 1.807) is 0 Å². The molecule has 1 heterocycles. The standard InChI is InChI=1S/C3Cl6S/c4-1(2(5,6)7)3(8,9)10-1. The number of halogens is 6. The fraction of sp³-hybridized carbons (Fsp3) is 1.00. The molecule has 1 aliphatic heterocycles. The summed E-state index contributed by atoms with van der Waals surface area (Å²) in [6.07, 6.45) is 0. The fourth-order valence-corrected chi connectivity index (χ4v) is 3.74. The Kier molecular flexibility index (Phi) is 2.58. The molecule has 0 N–H and O–H groups in total. The Morgan fingerprint density at radius 3 is 1.30 bits per heavy atom. The maximum atomic E-state index is 5.72. The summed E-state index contributed by atoms with van der Waals surface area (Å²) in [4.78, 5) is 0. The Bertz CT molecular complexity index is 161. The summed E-state index contributed by atoms with van der Waals surface area (Å²) in [7, 11) is 0. The van der Waals surface area contributed by atoms with E-state index in [4.69, 9.17) is 69.6 Å². The minimum Gasteiger partial charge on any atom is -0.0981 e. The Morgan fingerprint density at radius 1 is 1.00 bits per heavy atom. The van der Waals surface area contributed by atoms with E-state index in [0.717, 1.165) is 11.8 Å². The minimum atomic E-state index is -1.64. The zero-order valence-electron chi connectivity index (χ0n) is 4.18. The number of hydrogen-bond donors (Lipinski definition) is 0. The van der Waals surface area contributed by atoms with Crippen LogP contribution in [-0.4, -0.2) is 11.7 Å². The van der Waals surface area contributed by atoms with Crippen molar-refractivity contribution in [2.24, 2.45) is 0 Å². The lowest BCUT2D eigenvalue weighted by atomic mass is 10.5. The van der Waals surface area contributed by atoms with E-state index in [1.165, 1.54) is 0 Å². The van der Waals surface area contributed by atoms with E-state index in [-0.39, 0.29) is 0 Å². The van der Waals surface area contributed by atoms with E-state index < -0.39 is 11.7 Å². The van der Waals surface area contributed by atoms with Crippen molar-refractivity contribution in [2.45, 2.75) is 11.7 Å². The van der Waals surface area contributed by atoms with Crippen LogP contribution in [0.25, 0.3) is 0 Å². The molecule has 1 saturated heterocycles. The van der Waals surface area contributed by atoms with Gasteiger partial charge in [0, 0.05) is 0 Å². The van der Waals surface area contributed by atoms with Crippen molar-refractivity contribution < 1.29 is 0 Å². The lowest BCUT2D eigenvalue weighted by molar-refractivity contribution is 0.943. The van der Waals surface area contributed by atoms with Crippen molar-refractivity contribution in [1.29, 1.82) is 0 Å². The maximum Gasteiger partial charge on any atom is 0.222 e. The topological polar surface area (TPSA) is 0 Å². The summed E-state index contributed by atoms with van der Waals surface area (Å²) >= 11 is 34.3. The molecule has 0 aliphatic carbocycles. The number of rotatable bonds is 0. The van der Waals surface area contributed by atoms with Crippen LogP contribution in [0.1, 0.15) is 0 Å². The second-order valence-corrected chi connectivity index (χ2v) is 7.99. The molecule has 0 aromatic carbocycles. The third-order valence-corrected chi connectivity index (χ3v) is 6.05. The molecule has 0 aromatic heterocycles. The highest BCUT2D eigenvalue weighted by atomic mass is 35.6. The molecule has 7 heteroatoms. The SMILES string of the molecule is ClC(Cl)(Cl)C1(Cl)SC1(Cl)Cl. The van der Waals surface area contributed by atoms with Gasteiger partial charge in [-0.1, -0.05) is 81.4 Å². The first kappa shape index (κ1) is 10.2. The molecule has 0 spiro atoms. The van der Waals surface area contributed by atoms with Gasteiger partial charge in [-0.05, 0) is 0 Å². The molecule has 60 valence electrons. The molecular formula is C3Cl6S. The van der Waals surface area contributed by atoms with Crippen LogP contribution in [0.4, 0.5) is 0 Å². The van der Waals surface area contributed by atoms with E-state index in [1.807, 2.05) is 0 Å². The zero-order chi connectivity index (χ0) is 8.21. The number of alkyl halides is 6. The lowest BCUT2D eigenvalue weighted by Crippen LogP contribution is -2.26. The van der Waals surface area contributed by atoms with Crippen LogP contribution >= 0.6 is 81.4 Å². The molecule has 0 radical (unpaired) electrons. The van der Waals surface area contributed by atoms with Crippen molar-refractivity contribution in [3.05, 3.63) is 0 Å². The van der Waals surface area contributed by atoms with Crippen molar-refractivity contribution in [3.63, 3.8) is 0 Å². The second-order valence-electron chi connectivity index (χ2n) is 1.71. The number of thioether (sulfide) groups is 1. The third kappa shape index (κ3) is 1.44. The summed E-state index contributed by atoms with van der Waals surface area (Å²) in [5.74, 6) is 0. The van der Waals surface area contributed by atoms with Crippen molar-refractivity contribution in [2.75, 3.05) is 0 Å². The highest BCUT2D eigenvalue weighted by Crippen LogP contribution is 2.78. The highest BCUT2D eigenvalue weighted by Gasteiger charge is 2.77. The molecule has 0 bridgehead atoms. The molecule has 0 aromatic rings. The zero-order valence-corrected chi connectivity index (χ0v) is 9.53.